The lowest BCUT2D eigenvalue weighted by atomic mass is 10.1. The summed E-state index contributed by atoms with van der Waals surface area (Å²) >= 11 is 0. The zero-order valence-electron chi connectivity index (χ0n) is 11.3. The maximum Gasteiger partial charge on any atom is 0.129 e. The predicted molar refractivity (Wildman–Crippen MR) is 79.5 cm³/mol. The predicted octanol–water partition coefficient (Wildman–Crippen LogP) is 2.47. The number of aryl methyl sites for hydroxylation is 1. The molecule has 3 heteroatoms. The number of pyridine rings is 1. The van der Waals surface area contributed by atoms with Gasteiger partial charge in [0.15, 0.2) is 0 Å². The van der Waals surface area contributed by atoms with E-state index in [1.54, 1.807) is 0 Å². The third-order valence-corrected chi connectivity index (χ3v) is 3.49. The van der Waals surface area contributed by atoms with Gasteiger partial charge in [-0.1, -0.05) is 29.8 Å². The van der Waals surface area contributed by atoms with Gasteiger partial charge < -0.3 is 10.2 Å². The lowest BCUT2D eigenvalue weighted by molar-refractivity contribution is 0.585. The van der Waals surface area contributed by atoms with Crippen LogP contribution in [0.25, 0.3) is 11.3 Å². The largest absolute Gasteiger partial charge is 0.354 e. The first-order valence-electron chi connectivity index (χ1n) is 6.83. The minimum Gasteiger partial charge on any atom is -0.354 e. The summed E-state index contributed by atoms with van der Waals surface area (Å²) in [7, 11) is 0. The number of nitrogens with zero attached hydrogens (tertiary/aromatic N) is 2. The minimum atomic E-state index is 1.03. The number of aromatic nitrogens is 1. The molecule has 3 nitrogen and oxygen atoms in total. The summed E-state index contributed by atoms with van der Waals surface area (Å²) in [5.74, 6) is 1.08. The fourth-order valence-electron chi connectivity index (χ4n) is 2.46. The average molecular weight is 253 g/mol. The highest BCUT2D eigenvalue weighted by molar-refractivity contribution is 5.62. The van der Waals surface area contributed by atoms with E-state index in [1.165, 1.54) is 11.1 Å². The second kappa shape index (κ2) is 5.41. The van der Waals surface area contributed by atoms with E-state index in [0.717, 1.165) is 37.7 Å². The molecule has 0 aliphatic carbocycles. The van der Waals surface area contributed by atoms with Gasteiger partial charge in [0.25, 0.3) is 0 Å². The molecule has 0 bridgehead atoms. The van der Waals surface area contributed by atoms with Crippen LogP contribution in [0.4, 0.5) is 5.82 Å². The first kappa shape index (κ1) is 12.2. The average Bonchev–Trinajstić information content (AvgIpc) is 2.48. The Labute approximate surface area is 114 Å². The Balaban J connectivity index is 1.91. The van der Waals surface area contributed by atoms with Crippen LogP contribution in [0.2, 0.25) is 0 Å². The van der Waals surface area contributed by atoms with Crippen LogP contribution in [0.5, 0.6) is 0 Å². The Morgan fingerprint density at radius 1 is 1.05 bits per heavy atom. The maximum atomic E-state index is 4.81. The maximum absolute atomic E-state index is 4.81. The molecule has 0 radical (unpaired) electrons. The molecule has 2 aromatic rings. The molecule has 2 heterocycles. The number of benzene rings is 1. The summed E-state index contributed by atoms with van der Waals surface area (Å²) in [4.78, 5) is 7.15. The molecule has 19 heavy (non-hydrogen) atoms. The van der Waals surface area contributed by atoms with Crippen molar-refractivity contribution in [3.8, 4) is 11.3 Å². The van der Waals surface area contributed by atoms with Crippen molar-refractivity contribution >= 4 is 5.82 Å². The fraction of sp³-hybridized carbons (Fsp3) is 0.312. The molecule has 1 aromatic heterocycles. The van der Waals surface area contributed by atoms with Gasteiger partial charge in [0.1, 0.15) is 5.82 Å². The standard InChI is InChI=1S/C16H19N3/c1-13-4-2-5-14(12-13)15-6-3-7-16(18-15)19-10-8-17-9-11-19/h2-7,12,17H,8-11H2,1H3. The van der Waals surface area contributed by atoms with Crippen LogP contribution in [-0.2, 0) is 0 Å². The molecule has 0 unspecified atom stereocenters. The molecule has 1 N–H and O–H groups in total. The lowest BCUT2D eigenvalue weighted by Crippen LogP contribution is -2.43. The van der Waals surface area contributed by atoms with Gasteiger partial charge in [-0.25, -0.2) is 4.98 Å². The Kier molecular flexibility index (Phi) is 3.47. The summed E-state index contributed by atoms with van der Waals surface area (Å²) in [5.41, 5.74) is 3.52. The van der Waals surface area contributed by atoms with Crippen molar-refractivity contribution in [1.29, 1.82) is 0 Å². The van der Waals surface area contributed by atoms with Crippen molar-refractivity contribution in [3.63, 3.8) is 0 Å². The molecule has 0 atom stereocenters. The van der Waals surface area contributed by atoms with Crippen LogP contribution in [0.15, 0.2) is 42.5 Å². The quantitative estimate of drug-likeness (QED) is 0.891. The smallest absolute Gasteiger partial charge is 0.129 e. The van der Waals surface area contributed by atoms with Crippen molar-refractivity contribution in [2.75, 3.05) is 31.1 Å². The zero-order chi connectivity index (χ0) is 13.1. The highest BCUT2D eigenvalue weighted by Crippen LogP contribution is 2.21. The van der Waals surface area contributed by atoms with Crippen molar-refractivity contribution < 1.29 is 0 Å². The molecule has 0 saturated carbocycles. The molecule has 98 valence electrons. The number of anilines is 1. The normalized spacial score (nSPS) is 15.5. The van der Waals surface area contributed by atoms with E-state index in [0.29, 0.717) is 0 Å². The second-order valence-corrected chi connectivity index (χ2v) is 4.99. The highest BCUT2D eigenvalue weighted by atomic mass is 15.2. The van der Waals surface area contributed by atoms with Crippen LogP contribution in [0, 0.1) is 6.92 Å². The number of nitrogens with one attached hydrogen (secondary N) is 1. The number of hydrogen-bond donors (Lipinski definition) is 1. The van der Waals surface area contributed by atoms with Gasteiger partial charge in [0.2, 0.25) is 0 Å². The Morgan fingerprint density at radius 2 is 1.84 bits per heavy atom. The van der Waals surface area contributed by atoms with Gasteiger partial charge in [-0.2, -0.15) is 0 Å². The van der Waals surface area contributed by atoms with E-state index < -0.39 is 0 Å². The molecule has 1 aromatic carbocycles. The topological polar surface area (TPSA) is 28.2 Å². The van der Waals surface area contributed by atoms with E-state index in [2.05, 4.69) is 59.6 Å². The monoisotopic (exact) mass is 253 g/mol. The zero-order valence-corrected chi connectivity index (χ0v) is 11.3. The highest BCUT2D eigenvalue weighted by Gasteiger charge is 2.12. The molecule has 1 aliphatic heterocycles. The SMILES string of the molecule is Cc1cccc(-c2cccc(N3CCNCC3)n2)c1. The summed E-state index contributed by atoms with van der Waals surface area (Å²) in [6, 6.07) is 14.8. The molecule has 0 amide bonds. The lowest BCUT2D eigenvalue weighted by Gasteiger charge is -2.28. The summed E-state index contributed by atoms with van der Waals surface area (Å²) in [5, 5.41) is 3.37. The molecule has 1 fully saturated rings. The van der Waals surface area contributed by atoms with Gasteiger partial charge in [-0.3, -0.25) is 0 Å². The number of hydrogen-bond acceptors (Lipinski definition) is 3. The van der Waals surface area contributed by atoms with Gasteiger partial charge in [0.05, 0.1) is 5.69 Å². The van der Waals surface area contributed by atoms with Gasteiger partial charge >= 0.3 is 0 Å². The first-order chi connectivity index (χ1) is 9.33. The van der Waals surface area contributed by atoms with Gasteiger partial charge in [0, 0.05) is 31.7 Å². The summed E-state index contributed by atoms with van der Waals surface area (Å²) in [6.45, 7) is 6.25. The fourth-order valence-corrected chi connectivity index (χ4v) is 2.46. The van der Waals surface area contributed by atoms with Crippen LogP contribution in [-0.4, -0.2) is 31.2 Å². The van der Waals surface area contributed by atoms with E-state index in [4.69, 9.17) is 4.98 Å². The third kappa shape index (κ3) is 2.76. The first-order valence-corrected chi connectivity index (χ1v) is 6.83. The van der Waals surface area contributed by atoms with Crippen molar-refractivity contribution in [2.45, 2.75) is 6.92 Å². The van der Waals surface area contributed by atoms with Crippen molar-refractivity contribution in [1.82, 2.24) is 10.3 Å². The third-order valence-electron chi connectivity index (χ3n) is 3.49. The van der Waals surface area contributed by atoms with Crippen LogP contribution < -0.4 is 10.2 Å². The van der Waals surface area contributed by atoms with E-state index in [9.17, 15) is 0 Å². The summed E-state index contributed by atoms with van der Waals surface area (Å²) in [6.07, 6.45) is 0. The molecular weight excluding hydrogens is 234 g/mol. The van der Waals surface area contributed by atoms with E-state index in [-0.39, 0.29) is 0 Å². The Bertz CT molecular complexity index is 559. The molecule has 1 saturated heterocycles. The van der Waals surface area contributed by atoms with Crippen LogP contribution >= 0.6 is 0 Å². The Morgan fingerprint density at radius 3 is 2.63 bits per heavy atom. The summed E-state index contributed by atoms with van der Waals surface area (Å²) < 4.78 is 0. The van der Waals surface area contributed by atoms with E-state index in [1.807, 2.05) is 0 Å². The molecule has 0 spiro atoms. The van der Waals surface area contributed by atoms with Crippen LogP contribution in [0.1, 0.15) is 5.56 Å². The minimum absolute atomic E-state index is 1.03. The Hall–Kier alpha value is -1.87. The number of rotatable bonds is 2. The van der Waals surface area contributed by atoms with Crippen molar-refractivity contribution in [2.24, 2.45) is 0 Å². The van der Waals surface area contributed by atoms with Gasteiger partial charge in [-0.05, 0) is 25.1 Å². The second-order valence-electron chi connectivity index (χ2n) is 4.99. The molecule has 3 rings (SSSR count). The van der Waals surface area contributed by atoms with E-state index >= 15 is 0 Å². The van der Waals surface area contributed by atoms with Crippen molar-refractivity contribution in [3.05, 3.63) is 48.0 Å². The van der Waals surface area contributed by atoms with Gasteiger partial charge in [-0.15, -0.1) is 0 Å². The number of piperazine rings is 1. The molecular formula is C16H19N3. The molecule has 1 aliphatic rings. The van der Waals surface area contributed by atoms with Crippen LogP contribution in [0.3, 0.4) is 0 Å².